The van der Waals surface area contributed by atoms with Crippen molar-refractivity contribution in [3.05, 3.63) is 0 Å². The third kappa shape index (κ3) is 4.13. The van der Waals surface area contributed by atoms with Gasteiger partial charge < -0.3 is 20.1 Å². The molecular formula is C17H32N2O3. The highest BCUT2D eigenvalue weighted by molar-refractivity contribution is 5.68. The minimum absolute atomic E-state index is 0.122. The van der Waals surface area contributed by atoms with Gasteiger partial charge in [0, 0.05) is 12.5 Å². The predicted molar refractivity (Wildman–Crippen MR) is 86.9 cm³/mol. The number of alkyl carbamates (subject to hydrolysis) is 1. The largest absolute Gasteiger partial charge is 0.444 e. The molecule has 1 heterocycles. The van der Waals surface area contributed by atoms with Crippen LogP contribution in [0.15, 0.2) is 0 Å². The summed E-state index contributed by atoms with van der Waals surface area (Å²) in [5, 5.41) is 6.67. The molecule has 1 saturated heterocycles. The van der Waals surface area contributed by atoms with Gasteiger partial charge in [0.1, 0.15) is 5.60 Å². The van der Waals surface area contributed by atoms with Crippen LogP contribution in [-0.2, 0) is 9.47 Å². The number of hydrogen-bond donors (Lipinski definition) is 2. The van der Waals surface area contributed by atoms with Crippen molar-refractivity contribution in [2.75, 3.05) is 13.2 Å². The molecule has 4 atom stereocenters. The summed E-state index contributed by atoms with van der Waals surface area (Å²) in [5.74, 6) is 1.11. The Bertz CT molecular complexity index is 377. The number of hydrogen-bond acceptors (Lipinski definition) is 4. The van der Waals surface area contributed by atoms with E-state index >= 15 is 0 Å². The number of carbonyl (C=O) groups is 1. The SMILES string of the molecule is CCC(CC)CNC1C(NC(=O)OC(C)(C)C)C2CCOC21. The van der Waals surface area contributed by atoms with E-state index in [-0.39, 0.29) is 24.3 Å². The van der Waals surface area contributed by atoms with Crippen molar-refractivity contribution in [1.82, 2.24) is 10.6 Å². The molecule has 5 heteroatoms. The molecule has 2 rings (SSSR count). The maximum atomic E-state index is 12.0. The summed E-state index contributed by atoms with van der Waals surface area (Å²) in [5.41, 5.74) is -0.460. The lowest BCUT2D eigenvalue weighted by Gasteiger charge is -2.48. The molecule has 1 aliphatic carbocycles. The van der Waals surface area contributed by atoms with Crippen LogP contribution in [-0.4, -0.2) is 43.0 Å². The second-order valence-electron chi connectivity index (χ2n) is 7.58. The van der Waals surface area contributed by atoms with Crippen LogP contribution in [0.2, 0.25) is 0 Å². The number of rotatable bonds is 6. The van der Waals surface area contributed by atoms with Gasteiger partial charge >= 0.3 is 6.09 Å². The molecule has 5 nitrogen and oxygen atoms in total. The molecule has 0 aromatic heterocycles. The van der Waals surface area contributed by atoms with Gasteiger partial charge in [0.15, 0.2) is 0 Å². The zero-order valence-corrected chi connectivity index (χ0v) is 14.6. The fourth-order valence-corrected chi connectivity index (χ4v) is 3.47. The van der Waals surface area contributed by atoms with Crippen molar-refractivity contribution in [1.29, 1.82) is 0 Å². The van der Waals surface area contributed by atoms with Gasteiger partial charge in [0.05, 0.1) is 18.2 Å². The zero-order chi connectivity index (χ0) is 16.3. The van der Waals surface area contributed by atoms with Crippen LogP contribution in [0.4, 0.5) is 4.79 Å². The fourth-order valence-electron chi connectivity index (χ4n) is 3.47. The van der Waals surface area contributed by atoms with Gasteiger partial charge in [-0.15, -0.1) is 0 Å². The second-order valence-corrected chi connectivity index (χ2v) is 7.58. The molecule has 4 unspecified atom stereocenters. The first kappa shape index (κ1) is 17.5. The number of carbonyl (C=O) groups excluding carboxylic acids is 1. The standard InChI is InChI=1S/C17H32N2O3/c1-6-11(7-2)10-18-14-13(12-8-9-21-15(12)14)19-16(20)22-17(3,4)5/h11-15,18H,6-10H2,1-5H3,(H,19,20). The second kappa shape index (κ2) is 7.18. The summed E-state index contributed by atoms with van der Waals surface area (Å²) in [6.07, 6.45) is 3.30. The lowest BCUT2D eigenvalue weighted by molar-refractivity contribution is -0.0349. The Kier molecular flexibility index (Phi) is 5.72. The van der Waals surface area contributed by atoms with Gasteiger partial charge in [-0.1, -0.05) is 26.7 Å². The van der Waals surface area contributed by atoms with E-state index in [1.54, 1.807) is 0 Å². The highest BCUT2D eigenvalue weighted by Gasteiger charge is 2.54. The molecule has 2 fully saturated rings. The van der Waals surface area contributed by atoms with Gasteiger partial charge in [-0.2, -0.15) is 0 Å². The van der Waals surface area contributed by atoms with Crippen molar-refractivity contribution in [3.63, 3.8) is 0 Å². The quantitative estimate of drug-likeness (QED) is 0.792. The number of fused-ring (bicyclic) bond motifs is 1. The molecule has 0 radical (unpaired) electrons. The minimum Gasteiger partial charge on any atom is -0.444 e. The molecule has 1 saturated carbocycles. The highest BCUT2D eigenvalue weighted by Crippen LogP contribution is 2.39. The van der Waals surface area contributed by atoms with Crippen molar-refractivity contribution >= 4 is 6.09 Å². The maximum Gasteiger partial charge on any atom is 0.407 e. The average Bonchev–Trinajstić information content (AvgIpc) is 2.83. The molecule has 22 heavy (non-hydrogen) atoms. The van der Waals surface area contributed by atoms with E-state index in [1.807, 2.05) is 20.8 Å². The number of amides is 1. The van der Waals surface area contributed by atoms with Crippen molar-refractivity contribution in [3.8, 4) is 0 Å². The van der Waals surface area contributed by atoms with Crippen LogP contribution in [0, 0.1) is 11.8 Å². The normalized spacial score (nSPS) is 30.8. The predicted octanol–water partition coefficient (Wildman–Crippen LogP) is 2.69. The van der Waals surface area contributed by atoms with Crippen molar-refractivity contribution in [2.45, 2.75) is 77.7 Å². The smallest absolute Gasteiger partial charge is 0.407 e. The van der Waals surface area contributed by atoms with Crippen LogP contribution < -0.4 is 10.6 Å². The molecule has 0 spiro atoms. The molecule has 0 aromatic carbocycles. The molecule has 2 N–H and O–H groups in total. The van der Waals surface area contributed by atoms with E-state index in [4.69, 9.17) is 9.47 Å². The van der Waals surface area contributed by atoms with Crippen LogP contribution >= 0.6 is 0 Å². The number of nitrogens with one attached hydrogen (secondary N) is 2. The zero-order valence-electron chi connectivity index (χ0n) is 14.6. The monoisotopic (exact) mass is 312 g/mol. The maximum absolute atomic E-state index is 12.0. The summed E-state index contributed by atoms with van der Waals surface area (Å²) in [6.45, 7) is 11.9. The summed E-state index contributed by atoms with van der Waals surface area (Å²) in [7, 11) is 0. The van der Waals surface area contributed by atoms with E-state index in [0.717, 1.165) is 19.6 Å². The minimum atomic E-state index is -0.460. The van der Waals surface area contributed by atoms with Gasteiger partial charge in [-0.3, -0.25) is 0 Å². The Hall–Kier alpha value is -0.810. The molecule has 1 amide bonds. The van der Waals surface area contributed by atoms with Crippen LogP contribution in [0.5, 0.6) is 0 Å². The summed E-state index contributed by atoms with van der Waals surface area (Å²) in [6, 6.07) is 0.331. The van der Waals surface area contributed by atoms with Gasteiger partial charge in [0.25, 0.3) is 0 Å². The van der Waals surface area contributed by atoms with E-state index in [2.05, 4.69) is 24.5 Å². The van der Waals surface area contributed by atoms with Gasteiger partial charge in [-0.05, 0) is 39.7 Å². The molecule has 1 aliphatic heterocycles. The molecule has 0 bridgehead atoms. The highest BCUT2D eigenvalue weighted by atomic mass is 16.6. The topological polar surface area (TPSA) is 59.6 Å². The first-order valence-electron chi connectivity index (χ1n) is 8.70. The van der Waals surface area contributed by atoms with Crippen molar-refractivity contribution in [2.24, 2.45) is 11.8 Å². The summed E-state index contributed by atoms with van der Waals surface area (Å²) in [4.78, 5) is 12.0. The van der Waals surface area contributed by atoms with E-state index in [0.29, 0.717) is 11.8 Å². The number of ether oxygens (including phenoxy) is 2. The molecule has 0 aromatic rings. The Balaban J connectivity index is 1.88. The summed E-state index contributed by atoms with van der Waals surface area (Å²) >= 11 is 0. The molecule has 2 aliphatic rings. The van der Waals surface area contributed by atoms with Gasteiger partial charge in [-0.25, -0.2) is 4.79 Å². The third-order valence-electron chi connectivity index (χ3n) is 4.87. The first-order chi connectivity index (χ1) is 10.4. The Morgan fingerprint density at radius 3 is 2.55 bits per heavy atom. The van der Waals surface area contributed by atoms with Crippen LogP contribution in [0.25, 0.3) is 0 Å². The van der Waals surface area contributed by atoms with E-state index in [9.17, 15) is 4.79 Å². The Morgan fingerprint density at radius 2 is 1.95 bits per heavy atom. The summed E-state index contributed by atoms with van der Waals surface area (Å²) < 4.78 is 11.2. The molecular weight excluding hydrogens is 280 g/mol. The van der Waals surface area contributed by atoms with Crippen LogP contribution in [0.1, 0.15) is 53.9 Å². The van der Waals surface area contributed by atoms with Gasteiger partial charge in [0.2, 0.25) is 0 Å². The first-order valence-corrected chi connectivity index (χ1v) is 8.70. The van der Waals surface area contributed by atoms with E-state index in [1.165, 1.54) is 12.8 Å². The Morgan fingerprint density at radius 1 is 1.27 bits per heavy atom. The lowest BCUT2D eigenvalue weighted by atomic mass is 9.71. The fraction of sp³-hybridized carbons (Fsp3) is 0.941. The van der Waals surface area contributed by atoms with Crippen LogP contribution in [0.3, 0.4) is 0 Å². The molecule has 128 valence electrons. The average molecular weight is 312 g/mol. The van der Waals surface area contributed by atoms with E-state index < -0.39 is 5.60 Å². The lowest BCUT2D eigenvalue weighted by Crippen LogP contribution is -2.70. The third-order valence-corrected chi connectivity index (χ3v) is 4.87. The Labute approximate surface area is 134 Å². The van der Waals surface area contributed by atoms with Crippen molar-refractivity contribution < 1.29 is 14.3 Å².